The zero-order valence-corrected chi connectivity index (χ0v) is 17.3. The van der Waals surface area contributed by atoms with Crippen LogP contribution in [-0.4, -0.2) is 47.9 Å². The van der Waals surface area contributed by atoms with Gasteiger partial charge in [0.1, 0.15) is 0 Å². The Morgan fingerprint density at radius 1 is 0.846 bits per heavy atom. The van der Waals surface area contributed by atoms with Gasteiger partial charge in [0, 0.05) is 6.54 Å². The second-order valence-electron chi connectivity index (χ2n) is 6.32. The van der Waals surface area contributed by atoms with Gasteiger partial charge in [-0.05, 0) is 63.2 Å². The van der Waals surface area contributed by atoms with E-state index in [1.165, 1.54) is 24.3 Å². The molecule has 7 nitrogen and oxygen atoms in total. The van der Waals surface area contributed by atoms with Gasteiger partial charge in [-0.15, -0.1) is 0 Å². The molecule has 1 aromatic carbocycles. The van der Waals surface area contributed by atoms with Crippen LogP contribution in [-0.2, 0) is 20.0 Å². The van der Waals surface area contributed by atoms with Crippen LogP contribution in [0, 0.1) is 0 Å². The van der Waals surface area contributed by atoms with Crippen molar-refractivity contribution in [2.45, 2.75) is 55.7 Å². The average molecular weight is 406 g/mol. The van der Waals surface area contributed by atoms with E-state index in [0.717, 1.165) is 51.7 Å². The Kier molecular flexibility index (Phi) is 9.73. The molecule has 0 aliphatic heterocycles. The summed E-state index contributed by atoms with van der Waals surface area (Å²) in [4.78, 5) is 2.29. The zero-order chi connectivity index (χ0) is 19.6. The number of nitrogens with one attached hydrogen (secondary N) is 1. The largest absolute Gasteiger partial charge is 0.303 e. The highest BCUT2D eigenvalue weighted by atomic mass is 32.2. The number of primary sulfonamides is 1. The van der Waals surface area contributed by atoms with E-state index < -0.39 is 20.0 Å². The highest BCUT2D eigenvalue weighted by Crippen LogP contribution is 2.13. The first-order chi connectivity index (χ1) is 12.2. The van der Waals surface area contributed by atoms with Gasteiger partial charge in [0.15, 0.2) is 0 Å². The van der Waals surface area contributed by atoms with Gasteiger partial charge in [-0.3, -0.25) is 0 Å². The monoisotopic (exact) mass is 405 g/mol. The highest BCUT2D eigenvalue weighted by molar-refractivity contribution is 7.89. The molecule has 9 heteroatoms. The molecule has 0 aromatic heterocycles. The van der Waals surface area contributed by atoms with E-state index in [1.54, 1.807) is 0 Å². The molecule has 0 aliphatic rings. The standard InChI is InChI=1S/C17H31N3O4S2/c1-3-5-13-20(14-6-4-2)15-7-12-19-26(23,24)17-10-8-16(9-11-17)25(18,21)22/h8-11,19H,3-7,12-15H2,1-2H3,(H2,18,21,22). The van der Waals surface area contributed by atoms with Crippen molar-refractivity contribution in [3.05, 3.63) is 24.3 Å². The van der Waals surface area contributed by atoms with Gasteiger partial charge >= 0.3 is 0 Å². The van der Waals surface area contributed by atoms with Crippen LogP contribution in [0.5, 0.6) is 0 Å². The van der Waals surface area contributed by atoms with Crippen molar-refractivity contribution < 1.29 is 16.8 Å². The van der Waals surface area contributed by atoms with Crippen LogP contribution in [0.2, 0.25) is 0 Å². The molecule has 0 unspecified atom stereocenters. The third-order valence-electron chi connectivity index (χ3n) is 4.06. The molecule has 0 atom stereocenters. The number of nitrogens with zero attached hydrogens (tertiary/aromatic N) is 1. The Labute approximate surface area is 158 Å². The van der Waals surface area contributed by atoms with Crippen molar-refractivity contribution in [1.82, 2.24) is 9.62 Å². The van der Waals surface area contributed by atoms with E-state index in [1.807, 2.05) is 0 Å². The van der Waals surface area contributed by atoms with Crippen molar-refractivity contribution in [2.24, 2.45) is 5.14 Å². The van der Waals surface area contributed by atoms with Crippen LogP contribution < -0.4 is 9.86 Å². The molecule has 0 saturated heterocycles. The summed E-state index contributed by atoms with van der Waals surface area (Å²) < 4.78 is 49.6. The third kappa shape index (κ3) is 8.13. The van der Waals surface area contributed by atoms with E-state index in [2.05, 4.69) is 23.5 Å². The van der Waals surface area contributed by atoms with Crippen molar-refractivity contribution in [2.75, 3.05) is 26.2 Å². The Morgan fingerprint density at radius 2 is 1.31 bits per heavy atom. The molecule has 1 aromatic rings. The number of hydrogen-bond acceptors (Lipinski definition) is 5. The van der Waals surface area contributed by atoms with Gasteiger partial charge in [-0.25, -0.2) is 26.7 Å². The number of unbranched alkanes of at least 4 members (excludes halogenated alkanes) is 2. The molecule has 150 valence electrons. The average Bonchev–Trinajstić information content (AvgIpc) is 2.59. The van der Waals surface area contributed by atoms with Crippen molar-refractivity contribution in [3.63, 3.8) is 0 Å². The minimum absolute atomic E-state index is 0.0266. The Balaban J connectivity index is 2.54. The van der Waals surface area contributed by atoms with E-state index in [-0.39, 0.29) is 9.79 Å². The Morgan fingerprint density at radius 3 is 1.77 bits per heavy atom. The maximum atomic E-state index is 12.3. The first-order valence-electron chi connectivity index (χ1n) is 9.05. The molecule has 0 radical (unpaired) electrons. The SMILES string of the molecule is CCCCN(CCCC)CCCNS(=O)(=O)c1ccc(S(N)(=O)=O)cc1. The zero-order valence-electron chi connectivity index (χ0n) is 15.6. The number of benzene rings is 1. The van der Waals surface area contributed by atoms with Gasteiger partial charge < -0.3 is 4.90 Å². The van der Waals surface area contributed by atoms with Crippen LogP contribution in [0.1, 0.15) is 46.0 Å². The second kappa shape index (κ2) is 11.0. The van der Waals surface area contributed by atoms with E-state index in [9.17, 15) is 16.8 Å². The minimum Gasteiger partial charge on any atom is -0.303 e. The molecule has 0 heterocycles. The fourth-order valence-corrected chi connectivity index (χ4v) is 4.09. The van der Waals surface area contributed by atoms with Gasteiger partial charge in [0.25, 0.3) is 0 Å². The molecule has 0 amide bonds. The third-order valence-corrected chi connectivity index (χ3v) is 6.47. The molecular weight excluding hydrogens is 374 g/mol. The summed E-state index contributed by atoms with van der Waals surface area (Å²) in [6.45, 7) is 7.60. The summed E-state index contributed by atoms with van der Waals surface area (Å²) in [5.74, 6) is 0. The number of rotatable bonds is 13. The topological polar surface area (TPSA) is 110 Å². The number of nitrogens with two attached hydrogens (primary N) is 1. The van der Waals surface area contributed by atoms with Crippen molar-refractivity contribution in [3.8, 4) is 0 Å². The second-order valence-corrected chi connectivity index (χ2v) is 9.64. The van der Waals surface area contributed by atoms with Crippen LogP contribution in [0.25, 0.3) is 0 Å². The number of hydrogen-bond donors (Lipinski definition) is 2. The predicted molar refractivity (Wildman–Crippen MR) is 104 cm³/mol. The highest BCUT2D eigenvalue weighted by Gasteiger charge is 2.15. The Hall–Kier alpha value is -1.00. The maximum absolute atomic E-state index is 12.3. The van der Waals surface area contributed by atoms with Crippen LogP contribution in [0.15, 0.2) is 34.1 Å². The van der Waals surface area contributed by atoms with Crippen molar-refractivity contribution >= 4 is 20.0 Å². The lowest BCUT2D eigenvalue weighted by atomic mass is 10.2. The molecule has 0 saturated carbocycles. The van der Waals surface area contributed by atoms with E-state index in [4.69, 9.17) is 5.14 Å². The van der Waals surface area contributed by atoms with Gasteiger partial charge in [-0.1, -0.05) is 26.7 Å². The summed E-state index contributed by atoms with van der Waals surface area (Å²) >= 11 is 0. The van der Waals surface area contributed by atoms with Gasteiger partial charge in [-0.2, -0.15) is 0 Å². The summed E-state index contributed by atoms with van der Waals surface area (Å²) in [6, 6.07) is 4.88. The smallest absolute Gasteiger partial charge is 0.240 e. The van der Waals surface area contributed by atoms with Crippen LogP contribution >= 0.6 is 0 Å². The predicted octanol–water partition coefficient (Wildman–Crippen LogP) is 1.90. The van der Waals surface area contributed by atoms with Crippen molar-refractivity contribution in [1.29, 1.82) is 0 Å². The first-order valence-corrected chi connectivity index (χ1v) is 12.1. The minimum atomic E-state index is -3.83. The summed E-state index contributed by atoms with van der Waals surface area (Å²) in [5.41, 5.74) is 0. The number of sulfonamides is 2. The molecule has 3 N–H and O–H groups in total. The molecule has 0 aliphatic carbocycles. The lowest BCUT2D eigenvalue weighted by Crippen LogP contribution is -2.31. The maximum Gasteiger partial charge on any atom is 0.240 e. The lowest BCUT2D eigenvalue weighted by Gasteiger charge is -2.21. The van der Waals surface area contributed by atoms with Gasteiger partial charge in [0.2, 0.25) is 20.0 Å². The summed E-state index contributed by atoms with van der Waals surface area (Å²) in [7, 11) is -7.49. The Bertz CT molecular complexity index is 724. The molecule has 26 heavy (non-hydrogen) atoms. The summed E-state index contributed by atoms with van der Waals surface area (Å²) in [6.07, 6.45) is 5.30. The fourth-order valence-electron chi connectivity index (χ4n) is 2.50. The molecule has 0 bridgehead atoms. The van der Waals surface area contributed by atoms with E-state index >= 15 is 0 Å². The lowest BCUT2D eigenvalue weighted by molar-refractivity contribution is 0.262. The van der Waals surface area contributed by atoms with E-state index in [0.29, 0.717) is 6.54 Å². The molecule has 0 fully saturated rings. The van der Waals surface area contributed by atoms with Gasteiger partial charge in [0.05, 0.1) is 9.79 Å². The molecular formula is C17H31N3O4S2. The fraction of sp³-hybridized carbons (Fsp3) is 0.647. The summed E-state index contributed by atoms with van der Waals surface area (Å²) in [5, 5.41) is 5.01. The normalized spacial score (nSPS) is 12.6. The quantitative estimate of drug-likeness (QED) is 0.487. The van der Waals surface area contributed by atoms with Crippen LogP contribution in [0.4, 0.5) is 0 Å². The molecule has 1 rings (SSSR count). The first kappa shape index (κ1) is 23.0. The van der Waals surface area contributed by atoms with Crippen LogP contribution in [0.3, 0.4) is 0 Å². The molecule has 0 spiro atoms.